The summed E-state index contributed by atoms with van der Waals surface area (Å²) in [5.41, 5.74) is 0.527. The molecule has 6 nitrogen and oxygen atoms in total. The minimum Gasteiger partial charge on any atom is -0.495 e. The molecule has 3 amide bonds. The quantitative estimate of drug-likeness (QED) is 0.661. The van der Waals surface area contributed by atoms with Gasteiger partial charge in [0.25, 0.3) is 0 Å². The van der Waals surface area contributed by atoms with Crippen LogP contribution in [-0.2, 0) is 14.4 Å². The molecular formula is C20H20N2O4. The van der Waals surface area contributed by atoms with Crippen LogP contribution in [0.25, 0.3) is 0 Å². The fourth-order valence-corrected chi connectivity index (χ4v) is 5.26. The van der Waals surface area contributed by atoms with Crippen LogP contribution in [0.4, 0.5) is 5.69 Å². The lowest BCUT2D eigenvalue weighted by atomic mass is 9.63. The van der Waals surface area contributed by atoms with Crippen molar-refractivity contribution in [2.45, 2.75) is 6.42 Å². The first kappa shape index (κ1) is 15.6. The number of nitrogens with one attached hydrogen (secondary N) is 1. The molecule has 0 spiro atoms. The van der Waals surface area contributed by atoms with Crippen LogP contribution in [0.15, 0.2) is 36.4 Å². The second-order valence-electron chi connectivity index (χ2n) is 7.67. The minimum atomic E-state index is -0.389. The van der Waals surface area contributed by atoms with Crippen molar-refractivity contribution in [3.05, 3.63) is 36.4 Å². The molecule has 0 unspecified atom stereocenters. The first-order valence-electron chi connectivity index (χ1n) is 9.06. The molecule has 0 aromatic heterocycles. The summed E-state index contributed by atoms with van der Waals surface area (Å²) in [6.45, 7) is -0.239. The van der Waals surface area contributed by atoms with Crippen molar-refractivity contribution in [1.29, 1.82) is 0 Å². The molecule has 1 aromatic carbocycles. The number of ether oxygens (including phenoxy) is 1. The Labute approximate surface area is 151 Å². The van der Waals surface area contributed by atoms with E-state index in [1.165, 1.54) is 7.11 Å². The smallest absolute Gasteiger partial charge is 0.244 e. The van der Waals surface area contributed by atoms with Crippen molar-refractivity contribution >= 4 is 23.4 Å². The Morgan fingerprint density at radius 3 is 2.35 bits per heavy atom. The molecule has 1 aliphatic heterocycles. The van der Waals surface area contributed by atoms with Crippen LogP contribution in [0.3, 0.4) is 0 Å². The number of allylic oxidation sites excluding steroid dienone is 2. The van der Waals surface area contributed by atoms with E-state index in [1.54, 1.807) is 24.3 Å². The monoisotopic (exact) mass is 352 g/mol. The summed E-state index contributed by atoms with van der Waals surface area (Å²) in [5.74, 6) is 0.731. The van der Waals surface area contributed by atoms with Crippen LogP contribution >= 0.6 is 0 Å². The van der Waals surface area contributed by atoms with Gasteiger partial charge in [0.15, 0.2) is 0 Å². The second kappa shape index (κ2) is 5.43. The van der Waals surface area contributed by atoms with E-state index in [4.69, 9.17) is 4.74 Å². The first-order chi connectivity index (χ1) is 12.6. The Morgan fingerprint density at radius 1 is 1.12 bits per heavy atom. The largest absolute Gasteiger partial charge is 0.495 e. The Kier molecular flexibility index (Phi) is 3.26. The number of hydrogen-bond donors (Lipinski definition) is 1. The van der Waals surface area contributed by atoms with Gasteiger partial charge in [0.05, 0.1) is 24.6 Å². The highest BCUT2D eigenvalue weighted by Crippen LogP contribution is 2.65. The molecule has 134 valence electrons. The summed E-state index contributed by atoms with van der Waals surface area (Å²) in [5, 5.41) is 2.74. The Bertz CT molecular complexity index is 812. The number of rotatable bonds is 4. The zero-order valence-corrected chi connectivity index (χ0v) is 14.4. The van der Waals surface area contributed by atoms with Gasteiger partial charge in [-0.15, -0.1) is 0 Å². The zero-order valence-electron chi connectivity index (χ0n) is 14.4. The zero-order chi connectivity index (χ0) is 18.0. The summed E-state index contributed by atoms with van der Waals surface area (Å²) in [7, 11) is 1.53. The fraction of sp³-hybridized carbons (Fsp3) is 0.450. The van der Waals surface area contributed by atoms with Crippen molar-refractivity contribution in [1.82, 2.24) is 4.90 Å². The van der Waals surface area contributed by atoms with Gasteiger partial charge in [0.2, 0.25) is 17.7 Å². The van der Waals surface area contributed by atoms with E-state index >= 15 is 0 Å². The number of para-hydroxylation sites is 2. The molecule has 6 rings (SSSR count). The molecule has 3 fully saturated rings. The lowest BCUT2D eigenvalue weighted by Gasteiger charge is -2.37. The molecule has 6 heteroatoms. The molecule has 1 heterocycles. The number of hydrogen-bond acceptors (Lipinski definition) is 4. The third-order valence-electron chi connectivity index (χ3n) is 6.44. The summed E-state index contributed by atoms with van der Waals surface area (Å²) in [4.78, 5) is 39.4. The molecule has 1 saturated heterocycles. The van der Waals surface area contributed by atoms with Gasteiger partial charge in [-0.1, -0.05) is 24.3 Å². The Balaban J connectivity index is 1.33. The molecule has 2 saturated carbocycles. The number of imide groups is 1. The van der Waals surface area contributed by atoms with Gasteiger partial charge in [-0.3, -0.25) is 19.3 Å². The van der Waals surface area contributed by atoms with Gasteiger partial charge in [-0.05, 0) is 42.2 Å². The second-order valence-corrected chi connectivity index (χ2v) is 7.67. The van der Waals surface area contributed by atoms with E-state index in [-0.39, 0.29) is 47.9 Å². The molecular weight excluding hydrogens is 332 g/mol. The van der Waals surface area contributed by atoms with Crippen molar-refractivity contribution in [3.63, 3.8) is 0 Å². The first-order valence-corrected chi connectivity index (χ1v) is 9.06. The average molecular weight is 352 g/mol. The van der Waals surface area contributed by atoms with E-state index in [1.807, 2.05) is 0 Å². The highest BCUT2D eigenvalue weighted by Gasteiger charge is 2.67. The van der Waals surface area contributed by atoms with E-state index in [2.05, 4.69) is 17.5 Å². The molecule has 1 aromatic rings. The molecule has 4 aliphatic carbocycles. The standard InChI is InChI=1S/C20H20N2O4/c1-26-15-5-3-2-4-14(15)21-16(23)9-22-19(24)17-10-6-7-11(13-8-12(10)13)18(17)20(22)25/h2-7,10-13,17-18H,8-9H2,1H3,(H,21,23)/t10-,11-,12-,13-,17+,18+/m0/s1. The summed E-state index contributed by atoms with van der Waals surface area (Å²) in [6.07, 6.45) is 5.39. The third kappa shape index (κ3) is 2.08. The lowest BCUT2D eigenvalue weighted by Crippen LogP contribution is -2.40. The normalized spacial score (nSPS) is 36.0. The SMILES string of the molecule is COc1ccccc1NC(=O)CN1C(=O)[C@@H]2[C@H]3C=C[C@@H]([C@@H]4C[C@@H]34)[C@H]2C1=O. The number of methoxy groups -OCH3 is 1. The maximum atomic E-state index is 12.9. The number of carbonyl (C=O) groups is 3. The van der Waals surface area contributed by atoms with E-state index in [0.29, 0.717) is 23.3 Å². The number of nitrogens with zero attached hydrogens (tertiary/aromatic N) is 1. The van der Waals surface area contributed by atoms with Gasteiger partial charge in [-0.25, -0.2) is 0 Å². The predicted octanol–water partition coefficient (Wildman–Crippen LogP) is 1.69. The van der Waals surface area contributed by atoms with Crippen LogP contribution in [0.1, 0.15) is 6.42 Å². The van der Waals surface area contributed by atoms with Crippen LogP contribution in [0.2, 0.25) is 0 Å². The van der Waals surface area contributed by atoms with Crippen molar-refractivity contribution in [2.75, 3.05) is 19.0 Å². The van der Waals surface area contributed by atoms with Gasteiger partial charge in [0.1, 0.15) is 12.3 Å². The van der Waals surface area contributed by atoms with E-state index < -0.39 is 0 Å². The number of carbonyl (C=O) groups excluding carboxylic acids is 3. The molecule has 26 heavy (non-hydrogen) atoms. The number of anilines is 1. The van der Waals surface area contributed by atoms with Gasteiger partial charge in [-0.2, -0.15) is 0 Å². The summed E-state index contributed by atoms with van der Waals surface area (Å²) < 4.78 is 5.22. The maximum Gasteiger partial charge on any atom is 0.244 e. The van der Waals surface area contributed by atoms with Crippen LogP contribution < -0.4 is 10.1 Å². The molecule has 5 aliphatic rings. The van der Waals surface area contributed by atoms with E-state index in [0.717, 1.165) is 11.3 Å². The average Bonchev–Trinajstić information content (AvgIpc) is 3.43. The highest BCUT2D eigenvalue weighted by molar-refractivity contribution is 6.09. The predicted molar refractivity (Wildman–Crippen MR) is 93.0 cm³/mol. The van der Waals surface area contributed by atoms with E-state index in [9.17, 15) is 14.4 Å². The van der Waals surface area contributed by atoms with Crippen molar-refractivity contribution in [2.24, 2.45) is 35.5 Å². The van der Waals surface area contributed by atoms with Gasteiger partial charge in [0, 0.05) is 0 Å². The molecule has 0 radical (unpaired) electrons. The third-order valence-corrected chi connectivity index (χ3v) is 6.44. The molecule has 2 bridgehead atoms. The topological polar surface area (TPSA) is 75.7 Å². The van der Waals surface area contributed by atoms with Crippen molar-refractivity contribution in [3.8, 4) is 5.75 Å². The molecule has 1 N–H and O–H groups in total. The van der Waals surface area contributed by atoms with Crippen LogP contribution in [0, 0.1) is 35.5 Å². The highest BCUT2D eigenvalue weighted by atomic mass is 16.5. The lowest BCUT2D eigenvalue weighted by molar-refractivity contribution is -0.142. The maximum absolute atomic E-state index is 12.9. The number of benzene rings is 1. The number of likely N-dealkylation sites (tertiary alicyclic amines) is 1. The Morgan fingerprint density at radius 2 is 1.73 bits per heavy atom. The Hall–Kier alpha value is -2.63. The number of amides is 3. The minimum absolute atomic E-state index is 0.175. The molecule has 6 atom stereocenters. The van der Waals surface area contributed by atoms with Crippen LogP contribution in [-0.4, -0.2) is 36.3 Å². The van der Waals surface area contributed by atoms with Gasteiger partial charge < -0.3 is 10.1 Å². The summed E-state index contributed by atoms with van der Waals surface area (Å²) >= 11 is 0. The summed E-state index contributed by atoms with van der Waals surface area (Å²) in [6, 6.07) is 7.06. The van der Waals surface area contributed by atoms with Crippen LogP contribution in [0.5, 0.6) is 5.75 Å². The van der Waals surface area contributed by atoms with Gasteiger partial charge >= 0.3 is 0 Å². The fourth-order valence-electron chi connectivity index (χ4n) is 5.26. The van der Waals surface area contributed by atoms with Crippen molar-refractivity contribution < 1.29 is 19.1 Å².